The largest absolute Gasteiger partial charge is 0.322 e. The molecule has 1 saturated heterocycles. The zero-order valence-electron chi connectivity index (χ0n) is 14.2. The number of anilines is 1. The molecule has 1 heterocycles. The number of carbonyl (C=O) groups excluding carboxylic acids is 1. The fraction of sp³-hybridized carbons (Fsp3) is 0.316. The second-order valence-corrected chi connectivity index (χ2v) is 6.69. The minimum atomic E-state index is -0.125. The van der Waals surface area contributed by atoms with Crippen LogP contribution in [0.4, 0.5) is 5.69 Å². The van der Waals surface area contributed by atoms with Crippen molar-refractivity contribution in [1.82, 2.24) is 10.2 Å². The van der Waals surface area contributed by atoms with Crippen LogP contribution >= 0.6 is 24.0 Å². The average Bonchev–Trinajstić information content (AvgIpc) is 2.56. The van der Waals surface area contributed by atoms with Gasteiger partial charge in [-0.1, -0.05) is 23.7 Å². The summed E-state index contributed by atoms with van der Waals surface area (Å²) in [7, 11) is 0. The molecule has 2 aromatic carbocycles. The van der Waals surface area contributed by atoms with Crippen LogP contribution in [0, 0.1) is 0 Å². The standard InChI is InChI=1S/C19H22ClN3O.ClH/c1-14-12-23(10-9-21-14)13-15-3-2-4-18(11-15)22-19(24)16-5-7-17(20)8-6-16;/h2-8,11,14,21H,9-10,12-13H2,1H3,(H,22,24);1H/t14-;/m0./s1. The van der Waals surface area contributed by atoms with Gasteiger partial charge in [0.2, 0.25) is 0 Å². The van der Waals surface area contributed by atoms with Crippen molar-refractivity contribution >= 4 is 35.6 Å². The fourth-order valence-electron chi connectivity index (χ4n) is 2.97. The molecule has 1 aliphatic heterocycles. The van der Waals surface area contributed by atoms with E-state index in [2.05, 4.69) is 28.5 Å². The maximum absolute atomic E-state index is 12.3. The van der Waals surface area contributed by atoms with Gasteiger partial charge in [0, 0.05) is 48.5 Å². The number of hydrogen-bond donors (Lipinski definition) is 2. The smallest absolute Gasteiger partial charge is 0.255 e. The van der Waals surface area contributed by atoms with E-state index in [1.807, 2.05) is 18.2 Å². The Bertz CT molecular complexity index is 706. The lowest BCUT2D eigenvalue weighted by Gasteiger charge is -2.31. The number of nitrogens with one attached hydrogen (secondary N) is 2. The maximum Gasteiger partial charge on any atom is 0.255 e. The lowest BCUT2D eigenvalue weighted by molar-refractivity contribution is 0.102. The topological polar surface area (TPSA) is 44.4 Å². The van der Waals surface area contributed by atoms with Crippen LogP contribution in [0.5, 0.6) is 0 Å². The Kier molecular flexibility index (Phi) is 7.26. The molecule has 1 fully saturated rings. The van der Waals surface area contributed by atoms with Gasteiger partial charge in [0.05, 0.1) is 0 Å². The van der Waals surface area contributed by atoms with Gasteiger partial charge in [0.15, 0.2) is 0 Å². The van der Waals surface area contributed by atoms with Gasteiger partial charge >= 0.3 is 0 Å². The Morgan fingerprint density at radius 3 is 2.76 bits per heavy atom. The van der Waals surface area contributed by atoms with Gasteiger partial charge in [-0.2, -0.15) is 0 Å². The Morgan fingerprint density at radius 1 is 1.28 bits per heavy atom. The third kappa shape index (κ3) is 5.72. The van der Waals surface area contributed by atoms with E-state index in [9.17, 15) is 4.79 Å². The minimum Gasteiger partial charge on any atom is -0.322 e. The van der Waals surface area contributed by atoms with E-state index in [0.29, 0.717) is 16.6 Å². The lowest BCUT2D eigenvalue weighted by atomic mass is 10.1. The van der Waals surface area contributed by atoms with Gasteiger partial charge in [0.25, 0.3) is 5.91 Å². The van der Waals surface area contributed by atoms with E-state index in [1.54, 1.807) is 24.3 Å². The van der Waals surface area contributed by atoms with E-state index in [0.717, 1.165) is 31.9 Å². The summed E-state index contributed by atoms with van der Waals surface area (Å²) in [5.41, 5.74) is 2.62. The third-order valence-corrected chi connectivity index (χ3v) is 4.40. The van der Waals surface area contributed by atoms with Crippen LogP contribution in [0.15, 0.2) is 48.5 Å². The molecule has 4 nitrogen and oxygen atoms in total. The predicted molar refractivity (Wildman–Crippen MR) is 106 cm³/mol. The summed E-state index contributed by atoms with van der Waals surface area (Å²) < 4.78 is 0. The van der Waals surface area contributed by atoms with Gasteiger partial charge in [-0.15, -0.1) is 12.4 Å². The summed E-state index contributed by atoms with van der Waals surface area (Å²) in [6.07, 6.45) is 0. The molecular formula is C19H23Cl2N3O. The highest BCUT2D eigenvalue weighted by Crippen LogP contribution is 2.16. The zero-order valence-corrected chi connectivity index (χ0v) is 15.7. The van der Waals surface area contributed by atoms with Gasteiger partial charge in [-0.25, -0.2) is 0 Å². The van der Waals surface area contributed by atoms with Crippen LogP contribution in [-0.4, -0.2) is 36.5 Å². The molecule has 2 aromatic rings. The Labute approximate surface area is 160 Å². The van der Waals surface area contributed by atoms with Crippen molar-refractivity contribution in [1.29, 1.82) is 0 Å². The lowest BCUT2D eigenvalue weighted by Crippen LogP contribution is -2.48. The summed E-state index contributed by atoms with van der Waals surface area (Å²) in [4.78, 5) is 14.7. The van der Waals surface area contributed by atoms with Crippen molar-refractivity contribution < 1.29 is 4.79 Å². The van der Waals surface area contributed by atoms with Crippen molar-refractivity contribution in [2.24, 2.45) is 0 Å². The van der Waals surface area contributed by atoms with Crippen molar-refractivity contribution in [3.05, 3.63) is 64.7 Å². The van der Waals surface area contributed by atoms with Gasteiger partial charge in [0.1, 0.15) is 0 Å². The molecule has 0 radical (unpaired) electrons. The SMILES string of the molecule is C[C@H]1CN(Cc2cccc(NC(=O)c3ccc(Cl)cc3)c2)CCN1.Cl. The van der Waals surface area contributed by atoms with Crippen LogP contribution in [-0.2, 0) is 6.54 Å². The molecular weight excluding hydrogens is 357 g/mol. The summed E-state index contributed by atoms with van der Waals surface area (Å²) in [6, 6.07) is 15.5. The van der Waals surface area contributed by atoms with E-state index in [1.165, 1.54) is 5.56 Å². The quantitative estimate of drug-likeness (QED) is 0.848. The second kappa shape index (κ2) is 9.20. The normalized spacial score (nSPS) is 17.6. The summed E-state index contributed by atoms with van der Waals surface area (Å²) in [5.74, 6) is -0.125. The molecule has 0 unspecified atom stereocenters. The number of amides is 1. The molecule has 3 rings (SSSR count). The Balaban J connectivity index is 0.00000225. The van der Waals surface area contributed by atoms with Crippen LogP contribution < -0.4 is 10.6 Å². The van der Waals surface area contributed by atoms with E-state index in [-0.39, 0.29) is 18.3 Å². The minimum absolute atomic E-state index is 0. The predicted octanol–water partition coefficient (Wildman–Crippen LogP) is 3.81. The molecule has 2 N–H and O–H groups in total. The summed E-state index contributed by atoms with van der Waals surface area (Å²) in [6.45, 7) is 6.22. The fourth-order valence-corrected chi connectivity index (χ4v) is 3.09. The number of halogens is 2. The van der Waals surface area contributed by atoms with Gasteiger partial charge in [-0.05, 0) is 48.9 Å². The van der Waals surface area contributed by atoms with Crippen molar-refractivity contribution in [2.45, 2.75) is 19.5 Å². The zero-order chi connectivity index (χ0) is 16.9. The first-order chi connectivity index (χ1) is 11.6. The molecule has 1 aliphatic rings. The second-order valence-electron chi connectivity index (χ2n) is 6.25. The maximum atomic E-state index is 12.3. The molecule has 1 atom stereocenters. The number of benzene rings is 2. The molecule has 1 amide bonds. The Hall–Kier alpha value is -1.59. The van der Waals surface area contributed by atoms with Crippen LogP contribution in [0.1, 0.15) is 22.8 Å². The first-order valence-corrected chi connectivity index (χ1v) is 8.59. The molecule has 0 saturated carbocycles. The monoisotopic (exact) mass is 379 g/mol. The van der Waals surface area contributed by atoms with Crippen LogP contribution in [0.25, 0.3) is 0 Å². The van der Waals surface area contributed by atoms with Crippen molar-refractivity contribution in [3.63, 3.8) is 0 Å². The van der Waals surface area contributed by atoms with Crippen molar-refractivity contribution in [3.8, 4) is 0 Å². The molecule has 0 aromatic heterocycles. The third-order valence-electron chi connectivity index (χ3n) is 4.15. The average molecular weight is 380 g/mol. The highest BCUT2D eigenvalue weighted by atomic mass is 35.5. The first-order valence-electron chi connectivity index (χ1n) is 8.22. The van der Waals surface area contributed by atoms with Crippen LogP contribution in [0.2, 0.25) is 5.02 Å². The summed E-state index contributed by atoms with van der Waals surface area (Å²) in [5, 5.41) is 7.02. The number of hydrogen-bond acceptors (Lipinski definition) is 3. The van der Waals surface area contributed by atoms with Gasteiger partial charge < -0.3 is 10.6 Å². The molecule has 0 spiro atoms. The highest BCUT2D eigenvalue weighted by molar-refractivity contribution is 6.30. The first kappa shape index (κ1) is 19.7. The summed E-state index contributed by atoms with van der Waals surface area (Å²) >= 11 is 5.86. The van der Waals surface area contributed by atoms with E-state index in [4.69, 9.17) is 11.6 Å². The molecule has 134 valence electrons. The molecule has 6 heteroatoms. The molecule has 0 bridgehead atoms. The number of rotatable bonds is 4. The number of piperazine rings is 1. The van der Waals surface area contributed by atoms with E-state index < -0.39 is 0 Å². The number of nitrogens with zero attached hydrogens (tertiary/aromatic N) is 1. The molecule has 0 aliphatic carbocycles. The highest BCUT2D eigenvalue weighted by Gasteiger charge is 2.15. The van der Waals surface area contributed by atoms with Gasteiger partial charge in [-0.3, -0.25) is 9.69 Å². The van der Waals surface area contributed by atoms with Crippen molar-refractivity contribution in [2.75, 3.05) is 25.0 Å². The number of carbonyl (C=O) groups is 1. The van der Waals surface area contributed by atoms with E-state index >= 15 is 0 Å². The Morgan fingerprint density at radius 2 is 2.04 bits per heavy atom. The molecule has 25 heavy (non-hydrogen) atoms. The van der Waals surface area contributed by atoms with Crippen LogP contribution in [0.3, 0.4) is 0 Å².